The lowest BCUT2D eigenvalue weighted by Gasteiger charge is -2.47. The number of likely N-dealkylation sites (tertiary alicyclic amines) is 1. The Bertz CT molecular complexity index is 464. The fraction of sp³-hybridized carbons (Fsp3) is 0.588. The summed E-state index contributed by atoms with van der Waals surface area (Å²) in [7, 11) is 0. The number of carbonyl (C=O) groups excluding carboxylic acids is 1. The molecule has 1 aromatic rings. The molecule has 2 saturated heterocycles. The summed E-state index contributed by atoms with van der Waals surface area (Å²) in [6.45, 7) is 8.29. The number of hydrogen-bond acceptors (Lipinski definition) is 3. The lowest BCUT2D eigenvalue weighted by Crippen LogP contribution is -2.64. The number of carbonyl (C=O) groups is 1. The number of hydrogen-bond donors (Lipinski definition) is 1. The molecule has 2 aliphatic heterocycles. The lowest BCUT2D eigenvalue weighted by atomic mass is 9.93. The van der Waals surface area contributed by atoms with Crippen LogP contribution in [0.25, 0.3) is 0 Å². The summed E-state index contributed by atoms with van der Waals surface area (Å²) in [5.74, 6) is 0.324. The van der Waals surface area contributed by atoms with Crippen molar-refractivity contribution in [3.05, 3.63) is 35.9 Å². The van der Waals surface area contributed by atoms with Crippen molar-refractivity contribution >= 4 is 5.91 Å². The Morgan fingerprint density at radius 3 is 2.52 bits per heavy atom. The van der Waals surface area contributed by atoms with Gasteiger partial charge in [-0.3, -0.25) is 9.69 Å². The molecule has 114 valence electrons. The second-order valence-electron chi connectivity index (χ2n) is 6.05. The van der Waals surface area contributed by atoms with Crippen molar-refractivity contribution in [2.75, 3.05) is 39.3 Å². The number of nitrogens with one attached hydrogen (secondary N) is 1. The highest BCUT2D eigenvalue weighted by atomic mass is 16.2. The van der Waals surface area contributed by atoms with Crippen molar-refractivity contribution < 1.29 is 4.79 Å². The highest BCUT2D eigenvalue weighted by Gasteiger charge is 2.37. The van der Waals surface area contributed by atoms with Crippen LogP contribution >= 0.6 is 0 Å². The third-order valence-electron chi connectivity index (χ3n) is 4.75. The number of amides is 1. The molecule has 0 aliphatic carbocycles. The normalized spacial score (nSPS) is 21.9. The third kappa shape index (κ3) is 3.11. The SMILES string of the molecule is CCC(C(=O)N1CC(N2CCNCC2)C1)c1ccccc1. The average molecular weight is 287 g/mol. The van der Waals surface area contributed by atoms with Gasteiger partial charge in [-0.2, -0.15) is 0 Å². The standard InChI is InChI=1S/C17H25N3O/c1-2-16(14-6-4-3-5-7-14)17(21)20-12-15(13-20)19-10-8-18-9-11-19/h3-7,15-16,18H,2,8-13H2,1H3. The molecule has 1 amide bonds. The quantitative estimate of drug-likeness (QED) is 0.906. The fourth-order valence-corrected chi connectivity index (χ4v) is 3.37. The monoisotopic (exact) mass is 287 g/mol. The summed E-state index contributed by atoms with van der Waals surface area (Å²) < 4.78 is 0. The molecule has 21 heavy (non-hydrogen) atoms. The van der Waals surface area contributed by atoms with Crippen LogP contribution in [-0.4, -0.2) is 61.0 Å². The molecule has 0 bridgehead atoms. The minimum absolute atomic E-state index is 0.0233. The van der Waals surface area contributed by atoms with Gasteiger partial charge in [-0.1, -0.05) is 37.3 Å². The zero-order valence-electron chi connectivity index (χ0n) is 12.8. The van der Waals surface area contributed by atoms with Crippen LogP contribution in [0.2, 0.25) is 0 Å². The van der Waals surface area contributed by atoms with Gasteiger partial charge in [-0.05, 0) is 12.0 Å². The number of benzene rings is 1. The van der Waals surface area contributed by atoms with E-state index in [9.17, 15) is 4.79 Å². The average Bonchev–Trinajstić information content (AvgIpc) is 2.49. The summed E-state index contributed by atoms with van der Waals surface area (Å²) >= 11 is 0. The molecule has 0 spiro atoms. The first-order valence-electron chi connectivity index (χ1n) is 8.08. The molecule has 4 nitrogen and oxygen atoms in total. The zero-order chi connectivity index (χ0) is 14.7. The summed E-state index contributed by atoms with van der Waals surface area (Å²) in [5, 5.41) is 3.38. The molecule has 0 aromatic heterocycles. The molecule has 2 heterocycles. The van der Waals surface area contributed by atoms with E-state index >= 15 is 0 Å². The van der Waals surface area contributed by atoms with Crippen LogP contribution in [0.4, 0.5) is 0 Å². The predicted octanol–water partition coefficient (Wildman–Crippen LogP) is 1.30. The number of piperazine rings is 1. The van der Waals surface area contributed by atoms with Crippen molar-refractivity contribution in [2.45, 2.75) is 25.3 Å². The third-order valence-corrected chi connectivity index (χ3v) is 4.75. The largest absolute Gasteiger partial charge is 0.339 e. The van der Waals surface area contributed by atoms with Crippen LogP contribution in [-0.2, 0) is 4.79 Å². The summed E-state index contributed by atoms with van der Waals surface area (Å²) in [6, 6.07) is 10.8. The van der Waals surface area contributed by atoms with Crippen LogP contribution in [0.3, 0.4) is 0 Å². The van der Waals surface area contributed by atoms with E-state index in [1.165, 1.54) is 0 Å². The van der Waals surface area contributed by atoms with Gasteiger partial charge in [-0.25, -0.2) is 0 Å². The Balaban J connectivity index is 1.56. The maximum absolute atomic E-state index is 12.7. The second kappa shape index (κ2) is 6.58. The molecule has 2 fully saturated rings. The first kappa shape index (κ1) is 14.5. The maximum atomic E-state index is 12.7. The highest BCUT2D eigenvalue weighted by molar-refractivity contribution is 5.84. The molecular weight excluding hydrogens is 262 g/mol. The van der Waals surface area contributed by atoms with Crippen LogP contribution < -0.4 is 5.32 Å². The van der Waals surface area contributed by atoms with E-state index in [-0.39, 0.29) is 5.92 Å². The Morgan fingerprint density at radius 2 is 1.90 bits per heavy atom. The van der Waals surface area contributed by atoms with Crippen molar-refractivity contribution in [3.63, 3.8) is 0 Å². The van der Waals surface area contributed by atoms with Gasteiger partial charge in [0.2, 0.25) is 5.91 Å². The van der Waals surface area contributed by atoms with Crippen LogP contribution in [0.1, 0.15) is 24.8 Å². The maximum Gasteiger partial charge on any atom is 0.230 e. The molecule has 4 heteroatoms. The Labute approximate surface area is 127 Å². The van der Waals surface area contributed by atoms with Crippen molar-refractivity contribution in [1.29, 1.82) is 0 Å². The van der Waals surface area contributed by atoms with Gasteiger partial charge >= 0.3 is 0 Å². The van der Waals surface area contributed by atoms with E-state index in [2.05, 4.69) is 29.3 Å². The van der Waals surface area contributed by atoms with Gasteiger partial charge in [0.25, 0.3) is 0 Å². The van der Waals surface area contributed by atoms with Crippen molar-refractivity contribution in [2.24, 2.45) is 0 Å². The molecular formula is C17H25N3O. The van der Waals surface area contributed by atoms with Crippen molar-refractivity contribution in [1.82, 2.24) is 15.1 Å². The Hall–Kier alpha value is -1.39. The fourth-order valence-electron chi connectivity index (χ4n) is 3.37. The van der Waals surface area contributed by atoms with E-state index < -0.39 is 0 Å². The lowest BCUT2D eigenvalue weighted by molar-refractivity contribution is -0.140. The molecule has 3 rings (SSSR count). The molecule has 1 atom stereocenters. The number of rotatable bonds is 4. The molecule has 1 unspecified atom stereocenters. The smallest absolute Gasteiger partial charge is 0.230 e. The second-order valence-corrected chi connectivity index (χ2v) is 6.05. The van der Waals surface area contributed by atoms with Gasteiger partial charge in [-0.15, -0.1) is 0 Å². The van der Waals surface area contributed by atoms with E-state index in [0.29, 0.717) is 11.9 Å². The van der Waals surface area contributed by atoms with Gasteiger partial charge < -0.3 is 10.2 Å². The predicted molar refractivity (Wildman–Crippen MR) is 84.3 cm³/mol. The molecule has 0 saturated carbocycles. The van der Waals surface area contributed by atoms with Gasteiger partial charge in [0.1, 0.15) is 0 Å². The van der Waals surface area contributed by atoms with E-state index in [1.54, 1.807) is 0 Å². The summed E-state index contributed by atoms with van der Waals surface area (Å²) in [6.07, 6.45) is 0.873. The van der Waals surface area contributed by atoms with E-state index in [4.69, 9.17) is 0 Å². The molecule has 1 aromatic carbocycles. The van der Waals surface area contributed by atoms with Crippen LogP contribution in [0, 0.1) is 0 Å². The zero-order valence-corrected chi connectivity index (χ0v) is 12.8. The molecule has 1 N–H and O–H groups in total. The summed E-state index contributed by atoms with van der Waals surface area (Å²) in [5.41, 5.74) is 1.15. The topological polar surface area (TPSA) is 35.6 Å². The first-order chi connectivity index (χ1) is 10.3. The van der Waals surface area contributed by atoms with E-state index in [0.717, 1.165) is 51.3 Å². The van der Waals surface area contributed by atoms with Crippen LogP contribution in [0.5, 0.6) is 0 Å². The van der Waals surface area contributed by atoms with Gasteiger partial charge in [0.05, 0.1) is 5.92 Å². The van der Waals surface area contributed by atoms with Gasteiger partial charge in [0, 0.05) is 45.3 Å². The minimum atomic E-state index is 0.0233. The van der Waals surface area contributed by atoms with Crippen LogP contribution in [0.15, 0.2) is 30.3 Å². The molecule has 2 aliphatic rings. The first-order valence-corrected chi connectivity index (χ1v) is 8.08. The van der Waals surface area contributed by atoms with E-state index in [1.807, 2.05) is 23.1 Å². The highest BCUT2D eigenvalue weighted by Crippen LogP contribution is 2.26. The van der Waals surface area contributed by atoms with Gasteiger partial charge in [0.15, 0.2) is 0 Å². The Morgan fingerprint density at radius 1 is 1.24 bits per heavy atom. The summed E-state index contributed by atoms with van der Waals surface area (Å²) in [4.78, 5) is 17.2. The van der Waals surface area contributed by atoms with Crippen molar-refractivity contribution in [3.8, 4) is 0 Å². The molecule has 0 radical (unpaired) electrons. The Kier molecular flexibility index (Phi) is 4.56. The minimum Gasteiger partial charge on any atom is -0.339 e. The number of nitrogens with zero attached hydrogens (tertiary/aromatic N) is 2.